The number of rotatable bonds is 10. The standard InChI is InChI=1S/C28H30N2O/c31-23-27(18-20-29-19-10-17-28(29)26-15-8-3-9-16-26)30(21-24-11-4-1-5-12-24)22-25-13-6-2-7-14-25/h1-17,19,27,31H,18,20-23H2/t27-/m0/s1. The molecule has 1 atom stereocenters. The first-order chi connectivity index (χ1) is 15.3. The molecule has 4 rings (SSSR count). The SMILES string of the molecule is OC[C@H](CCn1cccc1-c1ccccc1)N(Cc1ccccc1)Cc1ccccc1. The largest absolute Gasteiger partial charge is 0.395 e. The summed E-state index contributed by atoms with van der Waals surface area (Å²) in [5, 5.41) is 10.3. The molecule has 31 heavy (non-hydrogen) atoms. The molecule has 0 aliphatic carbocycles. The molecule has 0 saturated heterocycles. The molecule has 0 bridgehead atoms. The van der Waals surface area contributed by atoms with Crippen LogP contribution in [0.3, 0.4) is 0 Å². The topological polar surface area (TPSA) is 28.4 Å². The Balaban J connectivity index is 1.50. The summed E-state index contributed by atoms with van der Waals surface area (Å²) in [4.78, 5) is 2.40. The Morgan fingerprint density at radius 2 is 1.23 bits per heavy atom. The maximum Gasteiger partial charge on any atom is 0.0587 e. The summed E-state index contributed by atoms with van der Waals surface area (Å²) in [5.41, 5.74) is 4.97. The first-order valence-electron chi connectivity index (χ1n) is 11.0. The van der Waals surface area contributed by atoms with Crippen molar-refractivity contribution < 1.29 is 5.11 Å². The normalized spacial score (nSPS) is 12.2. The van der Waals surface area contributed by atoms with Gasteiger partial charge >= 0.3 is 0 Å². The Bertz CT molecular complexity index is 987. The van der Waals surface area contributed by atoms with Gasteiger partial charge < -0.3 is 9.67 Å². The van der Waals surface area contributed by atoms with Crippen molar-refractivity contribution in [3.05, 3.63) is 120 Å². The van der Waals surface area contributed by atoms with Crippen LogP contribution in [-0.2, 0) is 19.6 Å². The third-order valence-corrected chi connectivity index (χ3v) is 5.79. The molecule has 1 N–H and O–H groups in total. The lowest BCUT2D eigenvalue weighted by molar-refractivity contribution is 0.0999. The number of aliphatic hydroxyl groups is 1. The zero-order valence-electron chi connectivity index (χ0n) is 17.8. The van der Waals surface area contributed by atoms with Crippen molar-refractivity contribution in [2.45, 2.75) is 32.1 Å². The second-order valence-electron chi connectivity index (χ2n) is 7.95. The van der Waals surface area contributed by atoms with E-state index in [1.165, 1.54) is 22.4 Å². The highest BCUT2D eigenvalue weighted by atomic mass is 16.3. The van der Waals surface area contributed by atoms with Crippen molar-refractivity contribution in [1.29, 1.82) is 0 Å². The molecule has 3 heteroatoms. The summed E-state index contributed by atoms with van der Waals surface area (Å²) in [7, 11) is 0. The molecular weight excluding hydrogens is 380 g/mol. The monoisotopic (exact) mass is 410 g/mol. The van der Waals surface area contributed by atoms with Crippen LogP contribution in [0.25, 0.3) is 11.3 Å². The molecule has 0 fully saturated rings. The van der Waals surface area contributed by atoms with E-state index in [9.17, 15) is 5.11 Å². The zero-order valence-corrected chi connectivity index (χ0v) is 17.8. The molecule has 0 radical (unpaired) electrons. The van der Waals surface area contributed by atoms with Crippen molar-refractivity contribution >= 4 is 0 Å². The molecule has 0 amide bonds. The minimum Gasteiger partial charge on any atom is -0.395 e. The fourth-order valence-electron chi connectivity index (χ4n) is 4.11. The lowest BCUT2D eigenvalue weighted by atomic mass is 10.1. The molecule has 3 nitrogen and oxygen atoms in total. The van der Waals surface area contributed by atoms with Gasteiger partial charge in [-0.15, -0.1) is 0 Å². The van der Waals surface area contributed by atoms with Gasteiger partial charge in [0.05, 0.1) is 6.61 Å². The van der Waals surface area contributed by atoms with E-state index in [0.717, 1.165) is 26.1 Å². The maximum absolute atomic E-state index is 10.3. The number of aromatic nitrogens is 1. The van der Waals surface area contributed by atoms with Crippen molar-refractivity contribution in [3.63, 3.8) is 0 Å². The van der Waals surface area contributed by atoms with Gasteiger partial charge in [-0.2, -0.15) is 0 Å². The summed E-state index contributed by atoms with van der Waals surface area (Å²) < 4.78 is 2.29. The number of aliphatic hydroxyl groups excluding tert-OH is 1. The van der Waals surface area contributed by atoms with Crippen LogP contribution in [-0.4, -0.2) is 27.2 Å². The van der Waals surface area contributed by atoms with E-state index >= 15 is 0 Å². The van der Waals surface area contributed by atoms with Gasteiger partial charge in [0.2, 0.25) is 0 Å². The average molecular weight is 411 g/mol. The molecule has 4 aromatic rings. The Hall–Kier alpha value is -3.14. The van der Waals surface area contributed by atoms with Crippen molar-refractivity contribution in [1.82, 2.24) is 9.47 Å². The maximum atomic E-state index is 10.3. The molecule has 0 unspecified atom stereocenters. The molecule has 1 aromatic heterocycles. The van der Waals surface area contributed by atoms with Gasteiger partial charge in [-0.3, -0.25) is 4.90 Å². The summed E-state index contributed by atoms with van der Waals surface area (Å²) in [5.74, 6) is 0. The van der Waals surface area contributed by atoms with Crippen LogP contribution in [0.5, 0.6) is 0 Å². The number of nitrogens with zero attached hydrogens (tertiary/aromatic N) is 2. The quantitative estimate of drug-likeness (QED) is 0.368. The fraction of sp³-hybridized carbons (Fsp3) is 0.214. The van der Waals surface area contributed by atoms with Gasteiger partial charge in [-0.1, -0.05) is 91.0 Å². The number of hydrogen-bond donors (Lipinski definition) is 1. The molecule has 0 spiro atoms. The third kappa shape index (κ3) is 5.72. The highest BCUT2D eigenvalue weighted by molar-refractivity contribution is 5.59. The van der Waals surface area contributed by atoms with Crippen LogP contribution in [0.2, 0.25) is 0 Å². The smallest absolute Gasteiger partial charge is 0.0587 e. The van der Waals surface area contributed by atoms with E-state index in [0.29, 0.717) is 0 Å². The summed E-state index contributed by atoms with van der Waals surface area (Å²) >= 11 is 0. The minimum absolute atomic E-state index is 0.0754. The summed E-state index contributed by atoms with van der Waals surface area (Å²) in [6.45, 7) is 2.64. The highest BCUT2D eigenvalue weighted by Crippen LogP contribution is 2.22. The first-order valence-corrected chi connectivity index (χ1v) is 11.0. The molecule has 0 aliphatic heterocycles. The van der Waals surface area contributed by atoms with Gasteiger partial charge in [0, 0.05) is 37.6 Å². The van der Waals surface area contributed by atoms with E-state index in [4.69, 9.17) is 0 Å². The Labute approximate surface area is 185 Å². The van der Waals surface area contributed by atoms with Crippen LogP contribution < -0.4 is 0 Å². The van der Waals surface area contributed by atoms with Crippen LogP contribution >= 0.6 is 0 Å². The summed E-state index contributed by atoms with van der Waals surface area (Å²) in [6.07, 6.45) is 3.01. The number of hydrogen-bond acceptors (Lipinski definition) is 2. The molecule has 3 aromatic carbocycles. The van der Waals surface area contributed by atoms with Gasteiger partial charge in [-0.25, -0.2) is 0 Å². The second kappa shape index (κ2) is 10.8. The van der Waals surface area contributed by atoms with Gasteiger partial charge in [0.25, 0.3) is 0 Å². The summed E-state index contributed by atoms with van der Waals surface area (Å²) in [6, 6.07) is 35.9. The molecule has 0 saturated carbocycles. The van der Waals surface area contributed by atoms with Gasteiger partial charge in [-0.05, 0) is 35.2 Å². The van der Waals surface area contributed by atoms with E-state index in [-0.39, 0.29) is 12.6 Å². The average Bonchev–Trinajstić information content (AvgIpc) is 3.30. The molecular formula is C28H30N2O. The fourth-order valence-corrected chi connectivity index (χ4v) is 4.11. The van der Waals surface area contributed by atoms with E-state index < -0.39 is 0 Å². The minimum atomic E-state index is 0.0754. The predicted octanol–water partition coefficient (Wildman–Crippen LogP) is 5.61. The highest BCUT2D eigenvalue weighted by Gasteiger charge is 2.19. The van der Waals surface area contributed by atoms with Crippen LogP contribution in [0, 0.1) is 0 Å². The van der Waals surface area contributed by atoms with Gasteiger partial charge in [0.15, 0.2) is 0 Å². The van der Waals surface area contributed by atoms with E-state index in [1.807, 2.05) is 18.2 Å². The Morgan fingerprint density at radius 3 is 1.77 bits per heavy atom. The van der Waals surface area contributed by atoms with E-state index in [2.05, 4.69) is 101 Å². The molecule has 1 heterocycles. The second-order valence-corrected chi connectivity index (χ2v) is 7.95. The van der Waals surface area contributed by atoms with Crippen LogP contribution in [0.15, 0.2) is 109 Å². The third-order valence-electron chi connectivity index (χ3n) is 5.79. The Kier molecular flexibility index (Phi) is 7.32. The van der Waals surface area contributed by atoms with Crippen LogP contribution in [0.1, 0.15) is 17.5 Å². The van der Waals surface area contributed by atoms with Crippen LogP contribution in [0.4, 0.5) is 0 Å². The number of benzene rings is 3. The first kappa shape index (κ1) is 21.1. The Morgan fingerprint density at radius 1 is 0.677 bits per heavy atom. The molecule has 0 aliphatic rings. The number of aryl methyl sites for hydroxylation is 1. The van der Waals surface area contributed by atoms with Gasteiger partial charge in [0.1, 0.15) is 0 Å². The molecule has 158 valence electrons. The van der Waals surface area contributed by atoms with Crippen molar-refractivity contribution in [2.24, 2.45) is 0 Å². The lowest BCUT2D eigenvalue weighted by Gasteiger charge is -2.31. The van der Waals surface area contributed by atoms with E-state index in [1.54, 1.807) is 0 Å². The van der Waals surface area contributed by atoms with Crippen molar-refractivity contribution in [3.8, 4) is 11.3 Å². The van der Waals surface area contributed by atoms with Crippen molar-refractivity contribution in [2.75, 3.05) is 6.61 Å². The predicted molar refractivity (Wildman–Crippen MR) is 127 cm³/mol. The zero-order chi connectivity index (χ0) is 21.3. The lowest BCUT2D eigenvalue weighted by Crippen LogP contribution is -2.38.